The number of methoxy groups -OCH3 is 1. The van der Waals surface area contributed by atoms with Crippen molar-refractivity contribution in [2.75, 3.05) is 12.4 Å². The number of nitrogens with zero attached hydrogens (tertiary/aromatic N) is 1. The molecule has 1 aliphatic rings. The summed E-state index contributed by atoms with van der Waals surface area (Å²) in [5.41, 5.74) is 4.57. The Morgan fingerprint density at radius 2 is 2.04 bits per heavy atom. The molecule has 1 N–H and O–H groups in total. The van der Waals surface area contributed by atoms with Crippen molar-refractivity contribution in [1.82, 2.24) is 0 Å². The number of nitriles is 1. The number of fused-ring (bicyclic) bond motifs is 3. The zero-order valence-electron chi connectivity index (χ0n) is 14.2. The van der Waals surface area contributed by atoms with Crippen LogP contribution in [0.2, 0.25) is 0 Å². The number of benzene rings is 2. The molecule has 1 heterocycles. The fraction of sp³-hybridized carbons (Fsp3) is 0.143. The number of ether oxygens (including phenoxy) is 1. The van der Waals surface area contributed by atoms with Crippen molar-refractivity contribution in [2.24, 2.45) is 0 Å². The Bertz CT molecular complexity index is 1050. The minimum Gasteiger partial charge on any atom is -0.497 e. The van der Waals surface area contributed by atoms with Crippen molar-refractivity contribution >= 4 is 22.2 Å². The van der Waals surface area contributed by atoms with Gasteiger partial charge in [0, 0.05) is 10.4 Å². The van der Waals surface area contributed by atoms with Crippen LogP contribution in [0.1, 0.15) is 27.0 Å². The van der Waals surface area contributed by atoms with Crippen LogP contribution in [0.5, 0.6) is 5.75 Å². The summed E-state index contributed by atoms with van der Waals surface area (Å²) >= 11 is 1.48. The fourth-order valence-electron chi connectivity index (χ4n) is 3.29. The highest BCUT2D eigenvalue weighted by Gasteiger charge is 2.25. The number of aryl methyl sites for hydroxylation is 1. The van der Waals surface area contributed by atoms with E-state index in [1.807, 2.05) is 12.1 Å². The molecule has 4 nitrogen and oxygen atoms in total. The average Bonchev–Trinajstić information content (AvgIpc) is 3.05. The summed E-state index contributed by atoms with van der Waals surface area (Å²) in [6.07, 6.45) is 1.73. The van der Waals surface area contributed by atoms with Crippen LogP contribution in [-0.4, -0.2) is 13.0 Å². The second-order valence-electron chi connectivity index (χ2n) is 6.07. The van der Waals surface area contributed by atoms with Gasteiger partial charge in [-0.15, -0.1) is 11.3 Å². The third kappa shape index (κ3) is 2.75. The van der Waals surface area contributed by atoms with Crippen LogP contribution in [0, 0.1) is 11.3 Å². The van der Waals surface area contributed by atoms with Gasteiger partial charge in [0.05, 0.1) is 12.7 Å². The molecule has 0 spiro atoms. The first-order valence-corrected chi connectivity index (χ1v) is 9.12. The highest BCUT2D eigenvalue weighted by Crippen LogP contribution is 2.44. The average molecular weight is 360 g/mol. The second-order valence-corrected chi connectivity index (χ2v) is 7.09. The van der Waals surface area contributed by atoms with Crippen LogP contribution in [0.3, 0.4) is 0 Å². The Balaban J connectivity index is 1.71. The minimum atomic E-state index is -0.243. The number of hydrogen-bond donors (Lipinski definition) is 1. The summed E-state index contributed by atoms with van der Waals surface area (Å²) in [6.45, 7) is 0. The van der Waals surface area contributed by atoms with Crippen LogP contribution in [-0.2, 0) is 12.8 Å². The van der Waals surface area contributed by atoms with Gasteiger partial charge in [-0.1, -0.05) is 30.3 Å². The Labute approximate surface area is 155 Å². The lowest BCUT2D eigenvalue weighted by Crippen LogP contribution is -2.12. The predicted octanol–water partition coefficient (Wildman–Crippen LogP) is 4.65. The summed E-state index contributed by atoms with van der Waals surface area (Å²) in [7, 11) is 1.57. The number of rotatable bonds is 3. The second kappa shape index (κ2) is 6.66. The molecule has 5 heteroatoms. The molecule has 0 unspecified atom stereocenters. The van der Waals surface area contributed by atoms with E-state index >= 15 is 0 Å². The van der Waals surface area contributed by atoms with Crippen LogP contribution in [0.15, 0.2) is 48.5 Å². The van der Waals surface area contributed by atoms with E-state index < -0.39 is 0 Å². The Kier molecular flexibility index (Phi) is 4.19. The Morgan fingerprint density at radius 3 is 2.85 bits per heavy atom. The maximum atomic E-state index is 12.6. The van der Waals surface area contributed by atoms with Crippen LogP contribution in [0.25, 0.3) is 10.4 Å². The fourth-order valence-corrected chi connectivity index (χ4v) is 4.54. The minimum absolute atomic E-state index is 0.243. The third-order valence-electron chi connectivity index (χ3n) is 4.58. The van der Waals surface area contributed by atoms with Crippen molar-refractivity contribution < 1.29 is 9.53 Å². The zero-order chi connectivity index (χ0) is 18.1. The van der Waals surface area contributed by atoms with Crippen molar-refractivity contribution in [2.45, 2.75) is 12.8 Å². The first-order valence-electron chi connectivity index (χ1n) is 8.30. The van der Waals surface area contributed by atoms with Gasteiger partial charge in [-0.25, -0.2) is 0 Å². The molecule has 1 aliphatic carbocycles. The number of nitrogens with one attached hydrogen (secondary N) is 1. The van der Waals surface area contributed by atoms with Gasteiger partial charge >= 0.3 is 0 Å². The zero-order valence-corrected chi connectivity index (χ0v) is 15.0. The molecular formula is C21H16N2O2S. The number of anilines is 1. The Hall–Kier alpha value is -3.10. The van der Waals surface area contributed by atoms with Crippen molar-refractivity contribution in [3.8, 4) is 22.3 Å². The van der Waals surface area contributed by atoms with Gasteiger partial charge < -0.3 is 10.1 Å². The summed E-state index contributed by atoms with van der Waals surface area (Å²) in [5.74, 6) is 0.379. The molecule has 26 heavy (non-hydrogen) atoms. The van der Waals surface area contributed by atoms with Crippen molar-refractivity contribution in [3.05, 3.63) is 70.8 Å². The summed E-state index contributed by atoms with van der Waals surface area (Å²) in [4.78, 5) is 13.7. The smallest absolute Gasteiger partial charge is 0.256 e. The first-order chi connectivity index (χ1) is 12.7. The number of thiophene rings is 1. The van der Waals surface area contributed by atoms with E-state index in [-0.39, 0.29) is 5.91 Å². The van der Waals surface area contributed by atoms with Crippen molar-refractivity contribution in [1.29, 1.82) is 5.26 Å². The first kappa shape index (κ1) is 16.4. The molecule has 0 saturated carbocycles. The lowest BCUT2D eigenvalue weighted by atomic mass is 9.90. The van der Waals surface area contributed by atoms with Gasteiger partial charge in [0.15, 0.2) is 0 Å². The van der Waals surface area contributed by atoms with E-state index in [0.717, 1.165) is 28.8 Å². The van der Waals surface area contributed by atoms with Crippen LogP contribution >= 0.6 is 11.3 Å². The topological polar surface area (TPSA) is 62.1 Å². The van der Waals surface area contributed by atoms with Gasteiger partial charge in [0.1, 0.15) is 16.8 Å². The SMILES string of the molecule is COc1cccc(C(=O)Nc2sc3c(c2C#N)CCc2ccccc2-3)c1. The van der Waals surface area contributed by atoms with E-state index in [1.165, 1.54) is 16.9 Å². The molecular weight excluding hydrogens is 344 g/mol. The monoisotopic (exact) mass is 360 g/mol. The Morgan fingerprint density at radius 1 is 1.19 bits per heavy atom. The van der Waals surface area contributed by atoms with Gasteiger partial charge in [0.2, 0.25) is 0 Å². The number of hydrogen-bond acceptors (Lipinski definition) is 4. The number of amides is 1. The quantitative estimate of drug-likeness (QED) is 0.740. The standard InChI is InChI=1S/C21H16N2O2S/c1-25-15-7-4-6-14(11-15)20(24)23-21-18(12-22)17-10-9-13-5-2-3-8-16(13)19(17)26-21/h2-8,11H,9-10H2,1H3,(H,23,24). The van der Waals surface area contributed by atoms with E-state index in [9.17, 15) is 10.1 Å². The highest BCUT2D eigenvalue weighted by molar-refractivity contribution is 7.20. The molecule has 0 saturated heterocycles. The number of carbonyl (C=O) groups is 1. The van der Waals surface area contributed by atoms with Crippen molar-refractivity contribution in [3.63, 3.8) is 0 Å². The molecule has 0 fully saturated rings. The summed E-state index contributed by atoms with van der Waals surface area (Å²) < 4.78 is 5.18. The molecule has 128 valence electrons. The maximum Gasteiger partial charge on any atom is 0.256 e. The van der Waals surface area contributed by atoms with Gasteiger partial charge in [-0.05, 0) is 47.7 Å². The summed E-state index contributed by atoms with van der Waals surface area (Å²) in [6, 6.07) is 17.5. The molecule has 0 radical (unpaired) electrons. The number of carbonyl (C=O) groups excluding carboxylic acids is 1. The normalized spacial score (nSPS) is 11.8. The molecule has 4 rings (SSSR count). The predicted molar refractivity (Wildman–Crippen MR) is 103 cm³/mol. The lowest BCUT2D eigenvalue weighted by Gasteiger charge is -2.15. The molecule has 0 bridgehead atoms. The molecule has 3 aromatic rings. The highest BCUT2D eigenvalue weighted by atomic mass is 32.1. The summed E-state index contributed by atoms with van der Waals surface area (Å²) in [5, 5.41) is 13.2. The van der Waals surface area contributed by atoms with Crippen LogP contribution < -0.4 is 10.1 Å². The molecule has 0 aliphatic heterocycles. The lowest BCUT2D eigenvalue weighted by molar-refractivity contribution is 0.102. The largest absolute Gasteiger partial charge is 0.497 e. The third-order valence-corrected chi connectivity index (χ3v) is 5.76. The van der Waals surface area contributed by atoms with E-state index in [0.29, 0.717) is 21.9 Å². The molecule has 1 amide bonds. The molecule has 1 aromatic heterocycles. The molecule has 0 atom stereocenters. The van der Waals surface area contributed by atoms with E-state index in [1.54, 1.807) is 31.4 Å². The van der Waals surface area contributed by atoms with E-state index in [2.05, 4.69) is 23.5 Å². The van der Waals surface area contributed by atoms with E-state index in [4.69, 9.17) is 4.74 Å². The van der Waals surface area contributed by atoms with Gasteiger partial charge in [-0.2, -0.15) is 5.26 Å². The van der Waals surface area contributed by atoms with Gasteiger partial charge in [-0.3, -0.25) is 4.79 Å². The molecule has 2 aromatic carbocycles. The van der Waals surface area contributed by atoms with Crippen LogP contribution in [0.4, 0.5) is 5.00 Å². The van der Waals surface area contributed by atoms with Gasteiger partial charge in [0.25, 0.3) is 5.91 Å². The maximum absolute atomic E-state index is 12.6.